The Morgan fingerprint density at radius 1 is 1.32 bits per heavy atom. The summed E-state index contributed by atoms with van der Waals surface area (Å²) in [5.74, 6) is 0.892. The lowest BCUT2D eigenvalue weighted by molar-refractivity contribution is -0.120. The van der Waals surface area contributed by atoms with Gasteiger partial charge >= 0.3 is 0 Å². The molecule has 1 aliphatic rings. The molecule has 3 rings (SSSR count). The largest absolute Gasteiger partial charge is 0.354 e. The topological polar surface area (TPSA) is 45.2 Å². The van der Waals surface area contributed by atoms with E-state index < -0.39 is 0 Å². The maximum atomic E-state index is 12.2. The van der Waals surface area contributed by atoms with E-state index in [-0.39, 0.29) is 5.91 Å². The molecule has 0 spiro atoms. The van der Waals surface area contributed by atoms with E-state index in [0.717, 1.165) is 35.3 Å². The number of piperidine rings is 1. The van der Waals surface area contributed by atoms with Gasteiger partial charge in [-0.1, -0.05) is 37.3 Å². The van der Waals surface area contributed by atoms with Crippen molar-refractivity contribution in [3.05, 3.63) is 41.4 Å². The second-order valence-corrected chi connectivity index (χ2v) is 7.92. The van der Waals surface area contributed by atoms with Crippen LogP contribution in [0.15, 0.2) is 35.7 Å². The normalized spacial score (nSPS) is 17.4. The molecule has 0 radical (unpaired) electrons. The molecule has 1 aromatic heterocycles. The number of rotatable bonds is 6. The Kier molecular flexibility index (Phi) is 6.21. The Morgan fingerprint density at radius 2 is 2.04 bits per heavy atom. The fraction of sp³-hybridized carbons (Fsp3) is 0.500. The van der Waals surface area contributed by atoms with E-state index in [1.165, 1.54) is 12.8 Å². The summed E-state index contributed by atoms with van der Waals surface area (Å²) < 4.78 is 0. The van der Waals surface area contributed by atoms with E-state index in [0.29, 0.717) is 19.0 Å². The lowest BCUT2D eigenvalue weighted by Gasteiger charge is -2.35. The number of nitrogens with one attached hydrogen (secondary N) is 1. The number of carbonyl (C=O) groups is 1. The molecule has 1 unspecified atom stereocenters. The Labute approximate surface area is 154 Å². The van der Waals surface area contributed by atoms with Crippen LogP contribution in [-0.4, -0.2) is 41.5 Å². The summed E-state index contributed by atoms with van der Waals surface area (Å²) in [5, 5.41) is 6.03. The molecule has 2 aromatic rings. The van der Waals surface area contributed by atoms with Gasteiger partial charge < -0.3 is 5.32 Å². The van der Waals surface area contributed by atoms with Gasteiger partial charge in [0, 0.05) is 23.5 Å². The van der Waals surface area contributed by atoms with E-state index >= 15 is 0 Å². The van der Waals surface area contributed by atoms with Crippen LogP contribution < -0.4 is 5.32 Å². The molecular weight excluding hydrogens is 330 g/mol. The van der Waals surface area contributed by atoms with Crippen LogP contribution in [0.3, 0.4) is 0 Å². The molecule has 4 nitrogen and oxygen atoms in total. The zero-order valence-electron chi connectivity index (χ0n) is 15.1. The monoisotopic (exact) mass is 357 g/mol. The third kappa shape index (κ3) is 5.13. The summed E-state index contributed by atoms with van der Waals surface area (Å²) in [5.41, 5.74) is 1.95. The molecule has 0 saturated carbocycles. The van der Waals surface area contributed by atoms with Crippen molar-refractivity contribution in [2.75, 3.05) is 19.6 Å². The molecule has 0 aliphatic carbocycles. The van der Waals surface area contributed by atoms with Crippen molar-refractivity contribution in [3.63, 3.8) is 0 Å². The van der Waals surface area contributed by atoms with Gasteiger partial charge in [-0.05, 0) is 38.8 Å². The summed E-state index contributed by atoms with van der Waals surface area (Å²) in [6.07, 6.45) is 2.88. The first-order chi connectivity index (χ1) is 12.1. The smallest absolute Gasteiger partial charge is 0.226 e. The molecule has 25 heavy (non-hydrogen) atoms. The van der Waals surface area contributed by atoms with Crippen LogP contribution in [0.1, 0.15) is 32.4 Å². The van der Waals surface area contributed by atoms with Crippen LogP contribution in [0.2, 0.25) is 0 Å². The highest BCUT2D eigenvalue weighted by Crippen LogP contribution is 2.23. The second kappa shape index (κ2) is 8.59. The van der Waals surface area contributed by atoms with Gasteiger partial charge in [0.05, 0.1) is 12.1 Å². The Morgan fingerprint density at radius 3 is 2.76 bits per heavy atom. The minimum Gasteiger partial charge on any atom is -0.354 e. The number of likely N-dealkylation sites (tertiary alicyclic amines) is 1. The van der Waals surface area contributed by atoms with E-state index in [4.69, 9.17) is 0 Å². The van der Waals surface area contributed by atoms with E-state index in [2.05, 4.69) is 29.0 Å². The van der Waals surface area contributed by atoms with E-state index in [1.807, 2.05) is 35.7 Å². The van der Waals surface area contributed by atoms with Gasteiger partial charge in [0.1, 0.15) is 5.01 Å². The van der Waals surface area contributed by atoms with Crippen LogP contribution in [0.4, 0.5) is 0 Å². The maximum Gasteiger partial charge on any atom is 0.226 e. The molecule has 1 fully saturated rings. The third-order valence-corrected chi connectivity index (χ3v) is 5.89. The maximum absolute atomic E-state index is 12.2. The van der Waals surface area contributed by atoms with Crippen LogP contribution >= 0.6 is 11.3 Å². The minimum absolute atomic E-state index is 0.0575. The highest BCUT2D eigenvalue weighted by atomic mass is 32.1. The minimum atomic E-state index is 0.0575. The fourth-order valence-electron chi connectivity index (χ4n) is 3.19. The average molecular weight is 358 g/mol. The van der Waals surface area contributed by atoms with Gasteiger partial charge in [0.15, 0.2) is 0 Å². The molecule has 5 heteroatoms. The van der Waals surface area contributed by atoms with Crippen molar-refractivity contribution in [1.82, 2.24) is 15.2 Å². The van der Waals surface area contributed by atoms with Gasteiger partial charge in [-0.3, -0.25) is 9.69 Å². The van der Waals surface area contributed by atoms with Crippen molar-refractivity contribution < 1.29 is 4.79 Å². The first-order valence-corrected chi connectivity index (χ1v) is 10.0. The van der Waals surface area contributed by atoms with Gasteiger partial charge in [-0.25, -0.2) is 4.98 Å². The average Bonchev–Trinajstić information content (AvgIpc) is 3.09. The third-order valence-electron chi connectivity index (χ3n) is 4.95. The highest BCUT2D eigenvalue weighted by Gasteiger charge is 2.20. The number of carbonyl (C=O) groups excluding carboxylic acids is 1. The summed E-state index contributed by atoms with van der Waals surface area (Å²) in [6, 6.07) is 10.5. The molecule has 1 saturated heterocycles. The molecule has 1 N–H and O–H groups in total. The van der Waals surface area contributed by atoms with Crippen LogP contribution in [0.5, 0.6) is 0 Å². The molecule has 1 aromatic carbocycles. The number of benzene rings is 1. The quantitative estimate of drug-likeness (QED) is 0.859. The Balaban J connectivity index is 1.46. The summed E-state index contributed by atoms with van der Waals surface area (Å²) in [6.45, 7) is 7.52. The molecular formula is C20H27N3OS. The fourth-order valence-corrected chi connectivity index (χ4v) is 4.01. The van der Waals surface area contributed by atoms with Crippen LogP contribution in [0.25, 0.3) is 10.6 Å². The summed E-state index contributed by atoms with van der Waals surface area (Å²) in [4.78, 5) is 19.3. The molecule has 1 atom stereocenters. The zero-order chi connectivity index (χ0) is 17.6. The van der Waals surface area contributed by atoms with E-state index in [9.17, 15) is 4.79 Å². The van der Waals surface area contributed by atoms with Crippen molar-refractivity contribution in [3.8, 4) is 10.6 Å². The number of thiazole rings is 1. The lowest BCUT2D eigenvalue weighted by atomic mass is 9.98. The first kappa shape index (κ1) is 18.1. The molecule has 0 bridgehead atoms. The summed E-state index contributed by atoms with van der Waals surface area (Å²) in [7, 11) is 0. The predicted octanol–water partition coefficient (Wildman–Crippen LogP) is 3.59. The first-order valence-electron chi connectivity index (χ1n) is 9.12. The number of hydrogen-bond acceptors (Lipinski definition) is 4. The van der Waals surface area contributed by atoms with Crippen molar-refractivity contribution in [1.29, 1.82) is 0 Å². The number of nitrogens with zero attached hydrogens (tertiary/aromatic N) is 2. The van der Waals surface area contributed by atoms with Gasteiger partial charge in [-0.15, -0.1) is 11.3 Å². The summed E-state index contributed by atoms with van der Waals surface area (Å²) >= 11 is 1.59. The number of aromatic nitrogens is 1. The zero-order valence-corrected chi connectivity index (χ0v) is 15.9. The number of amides is 1. The molecule has 134 valence electrons. The Hall–Kier alpha value is -1.72. The molecule has 2 heterocycles. The van der Waals surface area contributed by atoms with Crippen molar-refractivity contribution in [2.24, 2.45) is 5.92 Å². The van der Waals surface area contributed by atoms with Crippen molar-refractivity contribution in [2.45, 2.75) is 39.2 Å². The lowest BCUT2D eigenvalue weighted by Crippen LogP contribution is -2.45. The van der Waals surface area contributed by atoms with Crippen LogP contribution in [0, 0.1) is 5.92 Å². The van der Waals surface area contributed by atoms with Gasteiger partial charge in [0.2, 0.25) is 5.91 Å². The predicted molar refractivity (Wildman–Crippen MR) is 104 cm³/mol. The second-order valence-electron chi connectivity index (χ2n) is 7.06. The highest BCUT2D eigenvalue weighted by molar-refractivity contribution is 7.13. The Bertz CT molecular complexity index is 677. The van der Waals surface area contributed by atoms with Crippen molar-refractivity contribution >= 4 is 17.2 Å². The van der Waals surface area contributed by atoms with Crippen LogP contribution in [-0.2, 0) is 11.2 Å². The standard InChI is InChI=1S/C20H27N3OS/c1-15-8-10-23(11-9-15)16(2)13-21-19(24)12-18-14-25-20(22-18)17-6-4-3-5-7-17/h3-7,14-16H,8-13H2,1-2H3,(H,21,24). The number of hydrogen-bond donors (Lipinski definition) is 1. The van der Waals surface area contributed by atoms with E-state index in [1.54, 1.807) is 11.3 Å². The molecule has 1 amide bonds. The molecule has 1 aliphatic heterocycles. The van der Waals surface area contributed by atoms with Gasteiger partial charge in [-0.2, -0.15) is 0 Å². The SMILES string of the molecule is CC1CCN(C(C)CNC(=O)Cc2csc(-c3ccccc3)n2)CC1. The van der Waals surface area contributed by atoms with Gasteiger partial charge in [0.25, 0.3) is 0 Å².